The van der Waals surface area contributed by atoms with Crippen LogP contribution < -0.4 is 5.32 Å². The molecule has 0 aliphatic carbocycles. The fourth-order valence-corrected chi connectivity index (χ4v) is 0.788. The molecule has 72 valence electrons. The third-order valence-electron chi connectivity index (χ3n) is 1.32. The SMILES string of the molecule is C[C@@H](O)CC(=O)NCc1nnco1. The average Bonchev–Trinajstić information content (AvgIpc) is 2.51. The molecule has 6 heteroatoms. The molecule has 1 aromatic heterocycles. The molecule has 0 fully saturated rings. The van der Waals surface area contributed by atoms with Gasteiger partial charge in [-0.3, -0.25) is 4.79 Å². The molecule has 0 unspecified atom stereocenters. The summed E-state index contributed by atoms with van der Waals surface area (Å²) >= 11 is 0. The quantitative estimate of drug-likeness (QED) is 0.657. The van der Waals surface area contributed by atoms with Crippen LogP contribution in [0.4, 0.5) is 0 Å². The van der Waals surface area contributed by atoms with E-state index in [4.69, 9.17) is 9.52 Å². The van der Waals surface area contributed by atoms with E-state index in [0.717, 1.165) is 0 Å². The number of carbonyl (C=O) groups excluding carboxylic acids is 1. The van der Waals surface area contributed by atoms with Crippen LogP contribution in [-0.4, -0.2) is 27.3 Å². The van der Waals surface area contributed by atoms with Gasteiger partial charge in [0.25, 0.3) is 0 Å². The number of rotatable bonds is 4. The second kappa shape index (κ2) is 4.56. The van der Waals surface area contributed by atoms with Gasteiger partial charge in [-0.1, -0.05) is 0 Å². The maximum absolute atomic E-state index is 11.0. The lowest BCUT2D eigenvalue weighted by Crippen LogP contribution is -2.26. The number of nitrogens with one attached hydrogen (secondary N) is 1. The molecule has 0 saturated carbocycles. The molecule has 6 nitrogen and oxygen atoms in total. The van der Waals surface area contributed by atoms with Crippen molar-refractivity contribution in [2.45, 2.75) is 26.0 Å². The second-order valence-electron chi connectivity index (χ2n) is 2.66. The Labute approximate surface area is 75.0 Å². The summed E-state index contributed by atoms with van der Waals surface area (Å²) in [4.78, 5) is 11.0. The van der Waals surface area contributed by atoms with Gasteiger partial charge in [0, 0.05) is 0 Å². The second-order valence-corrected chi connectivity index (χ2v) is 2.66. The Morgan fingerprint density at radius 1 is 1.85 bits per heavy atom. The maximum Gasteiger partial charge on any atom is 0.235 e. The Morgan fingerprint density at radius 3 is 3.15 bits per heavy atom. The predicted molar refractivity (Wildman–Crippen MR) is 42.4 cm³/mol. The minimum absolute atomic E-state index is 0.0775. The highest BCUT2D eigenvalue weighted by Crippen LogP contribution is 1.92. The number of hydrogen-bond donors (Lipinski definition) is 2. The third-order valence-corrected chi connectivity index (χ3v) is 1.32. The van der Waals surface area contributed by atoms with Crippen molar-refractivity contribution in [2.24, 2.45) is 0 Å². The molecule has 2 N–H and O–H groups in total. The van der Waals surface area contributed by atoms with Gasteiger partial charge < -0.3 is 14.8 Å². The first-order valence-electron chi connectivity index (χ1n) is 3.88. The van der Waals surface area contributed by atoms with E-state index in [0.29, 0.717) is 5.89 Å². The first-order valence-corrected chi connectivity index (χ1v) is 3.88. The zero-order chi connectivity index (χ0) is 9.68. The van der Waals surface area contributed by atoms with E-state index in [-0.39, 0.29) is 18.9 Å². The highest BCUT2D eigenvalue weighted by atomic mass is 16.4. The summed E-state index contributed by atoms with van der Waals surface area (Å²) in [6.45, 7) is 1.75. The van der Waals surface area contributed by atoms with Crippen molar-refractivity contribution in [3.8, 4) is 0 Å². The molecule has 0 radical (unpaired) electrons. The topological polar surface area (TPSA) is 88.2 Å². The Balaban J connectivity index is 2.23. The van der Waals surface area contributed by atoms with E-state index < -0.39 is 6.10 Å². The van der Waals surface area contributed by atoms with Gasteiger partial charge in [0.1, 0.15) is 0 Å². The number of carbonyl (C=O) groups is 1. The lowest BCUT2D eigenvalue weighted by atomic mass is 10.3. The van der Waals surface area contributed by atoms with Crippen molar-refractivity contribution in [3.05, 3.63) is 12.3 Å². The van der Waals surface area contributed by atoms with E-state index in [1.165, 1.54) is 6.39 Å². The minimum atomic E-state index is -0.636. The van der Waals surface area contributed by atoms with E-state index in [1.807, 2.05) is 0 Å². The zero-order valence-corrected chi connectivity index (χ0v) is 7.23. The zero-order valence-electron chi connectivity index (χ0n) is 7.23. The first-order chi connectivity index (χ1) is 6.18. The fraction of sp³-hybridized carbons (Fsp3) is 0.571. The molecule has 1 rings (SSSR count). The van der Waals surface area contributed by atoms with Crippen LogP contribution in [0.1, 0.15) is 19.2 Å². The standard InChI is InChI=1S/C7H11N3O3/c1-5(11)2-6(12)8-3-7-10-9-4-13-7/h4-5,11H,2-3H2,1H3,(H,8,12)/t5-/m1/s1. The Hall–Kier alpha value is -1.43. The summed E-state index contributed by atoms with van der Waals surface area (Å²) in [5.74, 6) is 0.104. The minimum Gasteiger partial charge on any atom is -0.426 e. The molecule has 0 aliphatic rings. The number of aliphatic hydroxyl groups excluding tert-OH is 1. The van der Waals surface area contributed by atoms with Gasteiger partial charge in [-0.2, -0.15) is 0 Å². The van der Waals surface area contributed by atoms with Crippen LogP contribution >= 0.6 is 0 Å². The van der Waals surface area contributed by atoms with Crippen molar-refractivity contribution < 1.29 is 14.3 Å². The summed E-state index contributed by atoms with van der Waals surface area (Å²) < 4.78 is 4.79. The molecule has 0 aromatic carbocycles. The molecule has 0 spiro atoms. The molecule has 1 aromatic rings. The molecule has 1 amide bonds. The smallest absolute Gasteiger partial charge is 0.235 e. The summed E-state index contributed by atoms with van der Waals surface area (Å²) in [7, 11) is 0. The van der Waals surface area contributed by atoms with Gasteiger partial charge in [-0.05, 0) is 6.92 Å². The summed E-state index contributed by atoms with van der Waals surface area (Å²) in [6.07, 6.45) is 0.632. The van der Waals surface area contributed by atoms with Crippen LogP contribution in [0.25, 0.3) is 0 Å². The monoisotopic (exact) mass is 185 g/mol. The normalized spacial score (nSPS) is 12.5. The van der Waals surface area contributed by atoms with Gasteiger partial charge in [0.15, 0.2) is 0 Å². The lowest BCUT2D eigenvalue weighted by molar-refractivity contribution is -0.123. The molecular weight excluding hydrogens is 174 g/mol. The Morgan fingerprint density at radius 2 is 2.62 bits per heavy atom. The van der Waals surface area contributed by atoms with E-state index in [1.54, 1.807) is 6.92 Å². The lowest BCUT2D eigenvalue weighted by Gasteiger charge is -2.03. The number of aliphatic hydroxyl groups is 1. The fourth-order valence-electron chi connectivity index (χ4n) is 0.788. The third kappa shape index (κ3) is 3.66. The van der Waals surface area contributed by atoms with Crippen molar-refractivity contribution in [3.63, 3.8) is 0 Å². The van der Waals surface area contributed by atoms with Crippen molar-refractivity contribution in [1.82, 2.24) is 15.5 Å². The van der Waals surface area contributed by atoms with E-state index >= 15 is 0 Å². The number of aromatic nitrogens is 2. The van der Waals surface area contributed by atoms with Crippen LogP contribution in [0, 0.1) is 0 Å². The Bertz CT molecular complexity index is 258. The van der Waals surface area contributed by atoms with Gasteiger partial charge in [-0.15, -0.1) is 10.2 Å². The molecule has 0 aliphatic heterocycles. The summed E-state index contributed by atoms with van der Waals surface area (Å²) in [5.41, 5.74) is 0. The molecule has 0 saturated heterocycles. The van der Waals surface area contributed by atoms with E-state index in [2.05, 4.69) is 15.5 Å². The van der Waals surface area contributed by atoms with Crippen molar-refractivity contribution in [1.29, 1.82) is 0 Å². The highest BCUT2D eigenvalue weighted by Gasteiger charge is 2.06. The Kier molecular flexibility index (Phi) is 3.39. The number of nitrogens with zero attached hydrogens (tertiary/aromatic N) is 2. The largest absolute Gasteiger partial charge is 0.426 e. The van der Waals surface area contributed by atoms with Crippen LogP contribution in [-0.2, 0) is 11.3 Å². The van der Waals surface area contributed by atoms with Crippen LogP contribution in [0.2, 0.25) is 0 Å². The summed E-state index contributed by atoms with van der Waals surface area (Å²) in [5, 5.41) is 18.4. The average molecular weight is 185 g/mol. The van der Waals surface area contributed by atoms with Gasteiger partial charge in [0.05, 0.1) is 19.1 Å². The molecule has 1 atom stereocenters. The maximum atomic E-state index is 11.0. The molecule has 1 heterocycles. The van der Waals surface area contributed by atoms with Gasteiger partial charge >= 0.3 is 0 Å². The van der Waals surface area contributed by atoms with Crippen LogP contribution in [0.5, 0.6) is 0 Å². The number of amides is 1. The molecule has 13 heavy (non-hydrogen) atoms. The van der Waals surface area contributed by atoms with Crippen LogP contribution in [0.3, 0.4) is 0 Å². The van der Waals surface area contributed by atoms with Gasteiger partial charge in [0.2, 0.25) is 18.2 Å². The summed E-state index contributed by atoms with van der Waals surface area (Å²) in [6, 6.07) is 0. The highest BCUT2D eigenvalue weighted by molar-refractivity contribution is 5.76. The van der Waals surface area contributed by atoms with Gasteiger partial charge in [-0.25, -0.2) is 0 Å². The van der Waals surface area contributed by atoms with Crippen molar-refractivity contribution >= 4 is 5.91 Å². The van der Waals surface area contributed by atoms with E-state index in [9.17, 15) is 4.79 Å². The molecular formula is C7H11N3O3. The predicted octanol–water partition coefficient (Wildman–Crippen LogP) is -0.543. The first kappa shape index (κ1) is 9.66. The van der Waals surface area contributed by atoms with Crippen LogP contribution in [0.15, 0.2) is 10.8 Å². The molecule has 0 bridgehead atoms. The van der Waals surface area contributed by atoms with Crippen molar-refractivity contribution in [2.75, 3.05) is 0 Å². The number of hydrogen-bond acceptors (Lipinski definition) is 5.